The van der Waals surface area contributed by atoms with Crippen LogP contribution in [0.4, 0.5) is 26.7 Å². The van der Waals surface area contributed by atoms with Gasteiger partial charge in [0.25, 0.3) is 17.1 Å². The smallest absolute Gasteiger partial charge is 0.410 e. The number of nitrogens with zero attached hydrogens (tertiary/aromatic N) is 6. The van der Waals surface area contributed by atoms with Gasteiger partial charge in [0.1, 0.15) is 25.9 Å². The molecule has 2 atom stereocenters. The molecule has 2 unspecified atom stereocenters. The monoisotopic (exact) mass is 720 g/mol. The summed E-state index contributed by atoms with van der Waals surface area (Å²) in [6.07, 6.45) is -0.849. The number of carbonyl (C=O) groups is 4. The van der Waals surface area contributed by atoms with E-state index in [0.29, 0.717) is 29.5 Å². The average molecular weight is 721 g/mol. The maximum Gasteiger partial charge on any atom is 0.410 e. The maximum absolute atomic E-state index is 13.8. The summed E-state index contributed by atoms with van der Waals surface area (Å²) in [6.45, 7) is -0.960. The van der Waals surface area contributed by atoms with Crippen molar-refractivity contribution in [2.75, 3.05) is 26.2 Å². The number of amides is 3. The minimum Gasteiger partial charge on any atom is -0.459 e. The molecule has 5 rings (SSSR count). The maximum atomic E-state index is 13.8. The van der Waals surface area contributed by atoms with Crippen molar-refractivity contribution in [1.82, 2.24) is 14.7 Å². The van der Waals surface area contributed by atoms with Crippen LogP contribution in [-0.4, -0.2) is 91.8 Å². The summed E-state index contributed by atoms with van der Waals surface area (Å²) in [4.78, 5) is 88.5. The number of piperazine rings is 1. The van der Waals surface area contributed by atoms with Gasteiger partial charge >= 0.3 is 18.2 Å². The first-order chi connectivity index (χ1) is 24.9. The topological polar surface area (TPSA) is 235 Å². The number of hydrogen-bond acceptors (Lipinski definition) is 13. The van der Waals surface area contributed by atoms with Crippen LogP contribution in [-0.2, 0) is 43.6 Å². The number of likely N-dealkylation sites (tertiary alicyclic amines) is 1. The standard InChI is InChI=1S/C33H32N6O13/c40-30(28-2-1-15-35(28)32(42)51-20-23-5-11-26(12-6-23)38(46)47)34-16-17-36(33(43)52-21-24-7-13-27(14-8-24)39(48)49)29(18-34)31(41)50-19-22-3-9-25(10-4-22)37(44)45/h3-14,28-29H,1-2,15-21H2. The molecule has 0 N–H and O–H groups in total. The molecule has 2 saturated heterocycles. The van der Waals surface area contributed by atoms with Crippen LogP contribution in [0.5, 0.6) is 0 Å². The zero-order valence-electron chi connectivity index (χ0n) is 27.4. The van der Waals surface area contributed by atoms with E-state index < -0.39 is 50.9 Å². The zero-order valence-corrected chi connectivity index (χ0v) is 27.4. The summed E-state index contributed by atoms with van der Waals surface area (Å²) < 4.78 is 16.3. The molecule has 52 heavy (non-hydrogen) atoms. The molecule has 0 radical (unpaired) electrons. The predicted molar refractivity (Wildman–Crippen MR) is 176 cm³/mol. The van der Waals surface area contributed by atoms with Crippen LogP contribution in [0.3, 0.4) is 0 Å². The first-order valence-corrected chi connectivity index (χ1v) is 15.9. The van der Waals surface area contributed by atoms with E-state index in [-0.39, 0.29) is 63.1 Å². The minimum atomic E-state index is -1.33. The number of rotatable bonds is 11. The highest BCUT2D eigenvalue weighted by atomic mass is 16.6. The molecule has 3 aromatic rings. The summed E-state index contributed by atoms with van der Waals surface area (Å²) in [5, 5.41) is 32.9. The van der Waals surface area contributed by atoms with Crippen LogP contribution in [0.1, 0.15) is 29.5 Å². The van der Waals surface area contributed by atoms with Crippen LogP contribution < -0.4 is 0 Å². The third-order valence-electron chi connectivity index (χ3n) is 8.52. The van der Waals surface area contributed by atoms with Gasteiger partial charge in [0.2, 0.25) is 5.91 Å². The first-order valence-electron chi connectivity index (χ1n) is 15.9. The van der Waals surface area contributed by atoms with Gasteiger partial charge in [-0.15, -0.1) is 0 Å². The van der Waals surface area contributed by atoms with Crippen LogP contribution in [0.25, 0.3) is 0 Å². The lowest BCUT2D eigenvalue weighted by Crippen LogP contribution is -2.62. The molecule has 2 aliphatic rings. The Hall–Kier alpha value is -6.66. The molecule has 2 aliphatic heterocycles. The van der Waals surface area contributed by atoms with Crippen molar-refractivity contribution >= 4 is 41.1 Å². The highest BCUT2D eigenvalue weighted by Crippen LogP contribution is 2.24. The van der Waals surface area contributed by atoms with E-state index >= 15 is 0 Å². The molecule has 0 saturated carbocycles. The summed E-state index contributed by atoms with van der Waals surface area (Å²) in [7, 11) is 0. The fourth-order valence-corrected chi connectivity index (χ4v) is 5.70. The number of esters is 1. The van der Waals surface area contributed by atoms with Crippen molar-refractivity contribution in [2.24, 2.45) is 0 Å². The summed E-state index contributed by atoms with van der Waals surface area (Å²) >= 11 is 0. The molecule has 3 aromatic carbocycles. The first kappa shape index (κ1) is 36.6. The summed E-state index contributed by atoms with van der Waals surface area (Å²) in [6, 6.07) is 13.9. The van der Waals surface area contributed by atoms with E-state index in [0.717, 1.165) is 4.90 Å². The van der Waals surface area contributed by atoms with E-state index in [2.05, 4.69) is 0 Å². The Kier molecular flexibility index (Phi) is 11.5. The van der Waals surface area contributed by atoms with Crippen molar-refractivity contribution in [3.05, 3.63) is 120 Å². The number of benzene rings is 3. The van der Waals surface area contributed by atoms with Crippen molar-refractivity contribution in [1.29, 1.82) is 0 Å². The number of nitro groups is 3. The van der Waals surface area contributed by atoms with E-state index in [4.69, 9.17) is 14.2 Å². The number of carbonyl (C=O) groups excluding carboxylic acids is 4. The van der Waals surface area contributed by atoms with Gasteiger partial charge in [0.05, 0.1) is 21.3 Å². The molecule has 0 spiro atoms. The molecule has 272 valence electrons. The normalized spacial score (nSPS) is 16.9. The average Bonchev–Trinajstić information content (AvgIpc) is 3.65. The van der Waals surface area contributed by atoms with E-state index in [1.54, 1.807) is 0 Å². The summed E-state index contributed by atoms with van der Waals surface area (Å²) in [5.41, 5.74) is 0.968. The lowest BCUT2D eigenvalue weighted by atomic mass is 10.1. The fourth-order valence-electron chi connectivity index (χ4n) is 5.70. The Morgan fingerprint density at radius 1 is 0.577 bits per heavy atom. The summed E-state index contributed by atoms with van der Waals surface area (Å²) in [5.74, 6) is -1.36. The number of hydrogen-bond donors (Lipinski definition) is 0. The van der Waals surface area contributed by atoms with Crippen molar-refractivity contribution in [2.45, 2.75) is 44.7 Å². The highest BCUT2D eigenvalue weighted by Gasteiger charge is 2.43. The second kappa shape index (κ2) is 16.4. The Morgan fingerprint density at radius 3 is 1.40 bits per heavy atom. The van der Waals surface area contributed by atoms with Gasteiger partial charge < -0.3 is 19.1 Å². The second-order valence-electron chi connectivity index (χ2n) is 11.8. The quantitative estimate of drug-likeness (QED) is 0.118. The highest BCUT2D eigenvalue weighted by molar-refractivity contribution is 5.88. The fraction of sp³-hybridized carbons (Fsp3) is 0.333. The zero-order chi connectivity index (χ0) is 37.4. The van der Waals surface area contributed by atoms with Gasteiger partial charge in [-0.1, -0.05) is 0 Å². The molecule has 19 nitrogen and oxygen atoms in total. The molecule has 2 heterocycles. The molecule has 3 amide bonds. The molecular weight excluding hydrogens is 688 g/mol. The molecule has 0 aromatic heterocycles. The van der Waals surface area contributed by atoms with Crippen molar-refractivity contribution < 1.29 is 48.2 Å². The van der Waals surface area contributed by atoms with Crippen molar-refractivity contribution in [3.63, 3.8) is 0 Å². The SMILES string of the molecule is O=C(OCc1ccc([N+](=O)[O-])cc1)C1CN(C(=O)C2CCCN2C(=O)OCc2ccc([N+](=O)[O-])cc2)CCN1C(=O)OCc1ccc([N+](=O)[O-])cc1. The molecule has 0 bridgehead atoms. The van der Waals surface area contributed by atoms with E-state index in [9.17, 15) is 49.5 Å². The van der Waals surface area contributed by atoms with Crippen LogP contribution in [0.15, 0.2) is 72.8 Å². The van der Waals surface area contributed by atoms with Crippen LogP contribution >= 0.6 is 0 Å². The van der Waals surface area contributed by atoms with Crippen LogP contribution in [0.2, 0.25) is 0 Å². The Bertz CT molecular complexity index is 1840. The van der Waals surface area contributed by atoms with Gasteiger partial charge in [0.15, 0.2) is 6.04 Å². The Labute approximate surface area is 294 Å². The lowest BCUT2D eigenvalue weighted by molar-refractivity contribution is -0.385. The van der Waals surface area contributed by atoms with Gasteiger partial charge in [-0.3, -0.25) is 44.9 Å². The van der Waals surface area contributed by atoms with Gasteiger partial charge in [-0.25, -0.2) is 14.4 Å². The molecule has 0 aliphatic carbocycles. The Balaban J connectivity index is 1.25. The van der Waals surface area contributed by atoms with E-state index in [1.165, 1.54) is 82.6 Å². The second-order valence-corrected chi connectivity index (χ2v) is 11.8. The van der Waals surface area contributed by atoms with Crippen LogP contribution in [0, 0.1) is 30.3 Å². The lowest BCUT2D eigenvalue weighted by Gasteiger charge is -2.40. The van der Waals surface area contributed by atoms with Gasteiger partial charge in [-0.2, -0.15) is 0 Å². The predicted octanol–water partition coefficient (Wildman–Crippen LogP) is 4.11. The number of non-ortho nitro benzene ring substituents is 3. The molecular formula is C33H32N6O13. The number of nitro benzene ring substituents is 3. The largest absolute Gasteiger partial charge is 0.459 e. The van der Waals surface area contributed by atoms with E-state index in [1.807, 2.05) is 0 Å². The van der Waals surface area contributed by atoms with Gasteiger partial charge in [-0.05, 0) is 65.9 Å². The third kappa shape index (κ3) is 8.92. The molecule has 2 fully saturated rings. The van der Waals surface area contributed by atoms with Gasteiger partial charge in [0, 0.05) is 56.0 Å². The number of ether oxygens (including phenoxy) is 3. The third-order valence-corrected chi connectivity index (χ3v) is 8.52. The molecule has 19 heteroatoms. The minimum absolute atomic E-state index is 0.0141. The Morgan fingerprint density at radius 2 is 0.981 bits per heavy atom. The van der Waals surface area contributed by atoms with Crippen molar-refractivity contribution in [3.8, 4) is 0 Å².